The molecule has 2 aromatic carbocycles. The van der Waals surface area contributed by atoms with Crippen LogP contribution in [0.1, 0.15) is 85.8 Å². The van der Waals surface area contributed by atoms with Gasteiger partial charge in [-0.05, 0) is 91.5 Å². The van der Waals surface area contributed by atoms with Gasteiger partial charge in [0.1, 0.15) is 6.29 Å². The fourth-order valence-electron chi connectivity index (χ4n) is 7.81. The summed E-state index contributed by atoms with van der Waals surface area (Å²) in [7, 11) is 1.88. The standard InChI is InChI=1S/C34H45N3O3S/c1-23-12-26-15-27(13-23)17-34(2,16-26)22-35-18-24-6-4-7-25(14-24)21-41-31-9-5-8-28(20-38)29(31)19-37(3)30-10-11-32(39)36-33(30)40/h4-9,14,20,23,26-27,30,35H,10-13,15-19,21-22H2,1-3H3,(H,36,39,40). The van der Waals surface area contributed by atoms with Gasteiger partial charge in [0.2, 0.25) is 11.8 Å². The number of fused-ring (bicyclic) bond motifs is 2. The second-order valence-corrected chi connectivity index (χ2v) is 14.3. The van der Waals surface area contributed by atoms with E-state index in [-0.39, 0.29) is 17.9 Å². The lowest BCUT2D eigenvalue weighted by Gasteiger charge is -2.47. The Balaban J connectivity index is 1.18. The number of nitrogens with zero attached hydrogens (tertiary/aromatic N) is 1. The summed E-state index contributed by atoms with van der Waals surface area (Å²) in [6, 6.07) is 14.2. The van der Waals surface area contributed by atoms with Crippen molar-refractivity contribution in [1.29, 1.82) is 0 Å². The van der Waals surface area contributed by atoms with Crippen molar-refractivity contribution >= 4 is 29.9 Å². The number of aldehydes is 1. The number of imide groups is 1. The van der Waals surface area contributed by atoms with E-state index in [1.807, 2.05) is 24.1 Å². The molecule has 6 nitrogen and oxygen atoms in total. The highest BCUT2D eigenvalue weighted by Gasteiger charge is 2.40. The van der Waals surface area contributed by atoms with E-state index >= 15 is 0 Å². The molecule has 220 valence electrons. The Morgan fingerprint density at radius 2 is 1.80 bits per heavy atom. The number of likely N-dealkylation sites (N-methyl/N-ethyl adjacent to an activating group) is 1. The third-order valence-electron chi connectivity index (χ3n) is 9.41. The Bertz CT molecular complexity index is 1250. The molecule has 2 N–H and O–H groups in total. The maximum atomic E-state index is 12.4. The number of carbonyl (C=O) groups excluding carboxylic acids is 3. The van der Waals surface area contributed by atoms with Crippen molar-refractivity contribution in [3.05, 3.63) is 64.7 Å². The molecule has 5 rings (SSSR count). The van der Waals surface area contributed by atoms with E-state index < -0.39 is 0 Å². The number of piperidine rings is 1. The number of hydrogen-bond donors (Lipinski definition) is 2. The summed E-state index contributed by atoms with van der Waals surface area (Å²) in [5, 5.41) is 6.23. The molecular formula is C34H45N3O3S. The lowest BCUT2D eigenvalue weighted by molar-refractivity contribution is -0.137. The van der Waals surface area contributed by atoms with Gasteiger partial charge in [-0.25, -0.2) is 0 Å². The molecule has 0 spiro atoms. The minimum absolute atomic E-state index is 0.221. The summed E-state index contributed by atoms with van der Waals surface area (Å²) in [4.78, 5) is 38.9. The molecule has 3 aliphatic rings. The van der Waals surface area contributed by atoms with Gasteiger partial charge < -0.3 is 5.32 Å². The van der Waals surface area contributed by atoms with Gasteiger partial charge in [0, 0.05) is 42.3 Å². The van der Waals surface area contributed by atoms with Crippen molar-refractivity contribution in [2.45, 2.75) is 88.6 Å². The Hall–Kier alpha value is -2.48. The maximum absolute atomic E-state index is 12.4. The van der Waals surface area contributed by atoms with Gasteiger partial charge in [-0.2, -0.15) is 0 Å². The van der Waals surface area contributed by atoms with Gasteiger partial charge in [0.05, 0.1) is 6.04 Å². The molecule has 2 bridgehead atoms. The van der Waals surface area contributed by atoms with Crippen molar-refractivity contribution < 1.29 is 14.4 Å². The molecule has 1 saturated heterocycles. The first-order valence-electron chi connectivity index (χ1n) is 15.2. The topological polar surface area (TPSA) is 78.5 Å². The van der Waals surface area contributed by atoms with Crippen molar-refractivity contribution in [3.8, 4) is 0 Å². The molecule has 41 heavy (non-hydrogen) atoms. The van der Waals surface area contributed by atoms with Crippen molar-refractivity contribution in [3.63, 3.8) is 0 Å². The zero-order valence-corrected chi connectivity index (χ0v) is 25.6. The minimum atomic E-state index is -0.381. The van der Waals surface area contributed by atoms with Gasteiger partial charge in [-0.15, -0.1) is 11.8 Å². The lowest BCUT2D eigenvalue weighted by Crippen LogP contribution is -2.51. The summed E-state index contributed by atoms with van der Waals surface area (Å²) in [6.07, 6.45) is 8.72. The average molecular weight is 576 g/mol. The van der Waals surface area contributed by atoms with Crippen LogP contribution in [0.15, 0.2) is 47.4 Å². The molecule has 3 fully saturated rings. The normalized spacial score (nSPS) is 28.0. The van der Waals surface area contributed by atoms with Crippen LogP contribution in [0.5, 0.6) is 0 Å². The summed E-state index contributed by atoms with van der Waals surface area (Å²) >= 11 is 1.72. The van der Waals surface area contributed by atoms with Crippen LogP contribution in [0.2, 0.25) is 0 Å². The highest BCUT2D eigenvalue weighted by Crippen LogP contribution is 2.49. The Labute approximate surface area is 249 Å². The smallest absolute Gasteiger partial charge is 0.243 e. The quantitative estimate of drug-likeness (QED) is 0.195. The Kier molecular flexibility index (Phi) is 9.67. The second-order valence-electron chi connectivity index (χ2n) is 13.3. The SMILES string of the molecule is CC1CC2CC(C1)CC(C)(CNCc1cccc(CSc3cccc(C=O)c3CN(C)C3CCC(=O)NC3=O)c1)C2. The van der Waals surface area contributed by atoms with Crippen LogP contribution < -0.4 is 10.6 Å². The van der Waals surface area contributed by atoms with Crippen molar-refractivity contribution in [1.82, 2.24) is 15.5 Å². The molecule has 1 heterocycles. The third kappa shape index (κ3) is 7.68. The highest BCUT2D eigenvalue weighted by molar-refractivity contribution is 7.98. The maximum Gasteiger partial charge on any atom is 0.243 e. The largest absolute Gasteiger partial charge is 0.312 e. The summed E-state index contributed by atoms with van der Waals surface area (Å²) < 4.78 is 0. The summed E-state index contributed by atoms with van der Waals surface area (Å²) in [5.74, 6) is 3.04. The van der Waals surface area contributed by atoms with Crippen LogP contribution in [0.3, 0.4) is 0 Å². The second kappa shape index (κ2) is 13.2. The van der Waals surface area contributed by atoms with Gasteiger partial charge in [-0.1, -0.05) is 50.2 Å². The summed E-state index contributed by atoms with van der Waals surface area (Å²) in [6.45, 7) is 7.35. The predicted molar refractivity (Wildman–Crippen MR) is 165 cm³/mol. The first-order valence-corrected chi connectivity index (χ1v) is 16.2. The number of amides is 2. The van der Waals surface area contributed by atoms with E-state index in [4.69, 9.17) is 0 Å². The van der Waals surface area contributed by atoms with Crippen LogP contribution in [0.4, 0.5) is 0 Å². The van der Waals surface area contributed by atoms with Crippen LogP contribution in [0, 0.1) is 23.2 Å². The number of thioether (sulfide) groups is 1. The zero-order chi connectivity index (χ0) is 29.0. The lowest BCUT2D eigenvalue weighted by atomic mass is 9.59. The molecule has 2 amide bonds. The Morgan fingerprint density at radius 1 is 1.07 bits per heavy atom. The highest BCUT2D eigenvalue weighted by atomic mass is 32.2. The van der Waals surface area contributed by atoms with Crippen LogP contribution >= 0.6 is 11.8 Å². The van der Waals surface area contributed by atoms with E-state index in [0.29, 0.717) is 30.4 Å². The zero-order valence-electron chi connectivity index (χ0n) is 24.8. The number of rotatable bonds is 11. The van der Waals surface area contributed by atoms with Crippen molar-refractivity contribution in [2.24, 2.45) is 23.2 Å². The first kappa shape index (κ1) is 30.0. The number of hydrogen-bond acceptors (Lipinski definition) is 6. The third-order valence-corrected chi connectivity index (χ3v) is 10.6. The van der Waals surface area contributed by atoms with Gasteiger partial charge in [0.15, 0.2) is 0 Å². The van der Waals surface area contributed by atoms with Crippen LogP contribution in [-0.4, -0.2) is 42.6 Å². The van der Waals surface area contributed by atoms with Gasteiger partial charge in [-0.3, -0.25) is 24.6 Å². The van der Waals surface area contributed by atoms with Crippen LogP contribution in [-0.2, 0) is 28.4 Å². The molecular weight excluding hydrogens is 530 g/mol. The fourth-order valence-corrected chi connectivity index (χ4v) is 8.84. The molecule has 7 heteroatoms. The number of nitrogens with one attached hydrogen (secondary N) is 2. The molecule has 2 aliphatic carbocycles. The predicted octanol–water partition coefficient (Wildman–Crippen LogP) is 5.97. The van der Waals surface area contributed by atoms with Gasteiger partial charge in [0.25, 0.3) is 0 Å². The Morgan fingerprint density at radius 3 is 2.54 bits per heavy atom. The first-order chi connectivity index (χ1) is 19.7. The molecule has 0 aromatic heterocycles. The molecule has 2 saturated carbocycles. The van der Waals surface area contributed by atoms with Crippen LogP contribution in [0.25, 0.3) is 0 Å². The number of carbonyl (C=O) groups is 3. The van der Waals surface area contributed by atoms with Crippen molar-refractivity contribution in [2.75, 3.05) is 13.6 Å². The van der Waals surface area contributed by atoms with E-state index in [0.717, 1.165) is 53.3 Å². The molecule has 2 aromatic rings. The monoisotopic (exact) mass is 575 g/mol. The van der Waals surface area contributed by atoms with E-state index in [1.54, 1.807) is 11.8 Å². The molecule has 1 aliphatic heterocycles. The van der Waals surface area contributed by atoms with E-state index in [9.17, 15) is 14.4 Å². The fraction of sp³-hybridized carbons (Fsp3) is 0.559. The van der Waals surface area contributed by atoms with E-state index in [2.05, 4.69) is 54.8 Å². The molecule has 3 atom stereocenters. The molecule has 3 unspecified atom stereocenters. The van der Waals surface area contributed by atoms with E-state index in [1.165, 1.54) is 43.2 Å². The van der Waals surface area contributed by atoms with Gasteiger partial charge >= 0.3 is 0 Å². The summed E-state index contributed by atoms with van der Waals surface area (Å²) in [5.41, 5.74) is 4.53. The minimum Gasteiger partial charge on any atom is -0.312 e. The number of benzene rings is 2. The average Bonchev–Trinajstić information content (AvgIpc) is 2.91. The molecule has 0 radical (unpaired) electrons.